The summed E-state index contributed by atoms with van der Waals surface area (Å²) in [5, 5.41) is 0. The molecule has 4 heteroatoms. The molecule has 0 radical (unpaired) electrons. The smallest absolute Gasteiger partial charge is 0.236 e. The van der Waals surface area contributed by atoms with Crippen LogP contribution in [0.25, 0.3) is 0 Å². The number of hydrogen-bond donors (Lipinski definition) is 0. The van der Waals surface area contributed by atoms with Crippen LogP contribution in [0.15, 0.2) is 0 Å². The molecule has 0 aliphatic rings. The SMILES string of the molecule is CCN(CC(C)=O)CC(=O)N(C)C. The zero-order chi connectivity index (χ0) is 10.4. The fourth-order valence-electron chi connectivity index (χ4n) is 0.927. The number of nitrogens with zero attached hydrogens (tertiary/aromatic N) is 2. The molecule has 0 unspecified atom stereocenters. The van der Waals surface area contributed by atoms with Crippen molar-refractivity contribution < 1.29 is 9.59 Å². The molecule has 0 rings (SSSR count). The van der Waals surface area contributed by atoms with Crippen molar-refractivity contribution in [2.24, 2.45) is 0 Å². The number of rotatable bonds is 5. The minimum Gasteiger partial charge on any atom is -0.348 e. The molecular formula is C9H18N2O2. The predicted molar refractivity (Wildman–Crippen MR) is 51.5 cm³/mol. The van der Waals surface area contributed by atoms with Crippen LogP contribution in [0.3, 0.4) is 0 Å². The highest BCUT2D eigenvalue weighted by molar-refractivity contribution is 5.80. The molecule has 1 amide bonds. The van der Waals surface area contributed by atoms with Gasteiger partial charge in [-0.25, -0.2) is 0 Å². The molecule has 0 aliphatic heterocycles. The van der Waals surface area contributed by atoms with E-state index in [9.17, 15) is 9.59 Å². The summed E-state index contributed by atoms with van der Waals surface area (Å²) in [5.74, 6) is 0.122. The van der Waals surface area contributed by atoms with Crippen molar-refractivity contribution in [1.82, 2.24) is 9.80 Å². The average molecular weight is 186 g/mol. The highest BCUT2D eigenvalue weighted by Gasteiger charge is 2.11. The minimum atomic E-state index is 0.0306. The number of carbonyl (C=O) groups is 2. The van der Waals surface area contributed by atoms with Crippen LogP contribution in [0, 0.1) is 0 Å². The Morgan fingerprint density at radius 2 is 1.69 bits per heavy atom. The lowest BCUT2D eigenvalue weighted by Gasteiger charge is -2.20. The number of hydrogen-bond acceptors (Lipinski definition) is 3. The van der Waals surface area contributed by atoms with Crippen LogP contribution in [-0.4, -0.2) is 55.2 Å². The van der Waals surface area contributed by atoms with Gasteiger partial charge in [-0.3, -0.25) is 14.5 Å². The van der Waals surface area contributed by atoms with Crippen molar-refractivity contribution in [1.29, 1.82) is 0 Å². The first-order chi connectivity index (χ1) is 5.97. The highest BCUT2D eigenvalue weighted by atomic mass is 16.2. The van der Waals surface area contributed by atoms with Gasteiger partial charge in [0.15, 0.2) is 0 Å². The number of ketones is 1. The summed E-state index contributed by atoms with van der Waals surface area (Å²) in [5.41, 5.74) is 0. The van der Waals surface area contributed by atoms with Crippen LogP contribution in [0.4, 0.5) is 0 Å². The Balaban J connectivity index is 3.97. The second-order valence-corrected chi connectivity index (χ2v) is 3.29. The molecule has 0 aromatic heterocycles. The van der Waals surface area contributed by atoms with Crippen LogP contribution in [-0.2, 0) is 9.59 Å². The first-order valence-corrected chi connectivity index (χ1v) is 4.39. The van der Waals surface area contributed by atoms with Gasteiger partial charge in [0.1, 0.15) is 5.78 Å². The Morgan fingerprint density at radius 1 is 1.15 bits per heavy atom. The van der Waals surface area contributed by atoms with Gasteiger partial charge < -0.3 is 4.90 Å². The van der Waals surface area contributed by atoms with Gasteiger partial charge in [0, 0.05) is 14.1 Å². The van der Waals surface area contributed by atoms with Gasteiger partial charge in [0.2, 0.25) is 5.91 Å². The summed E-state index contributed by atoms with van der Waals surface area (Å²) < 4.78 is 0. The van der Waals surface area contributed by atoms with Crippen molar-refractivity contribution >= 4 is 11.7 Å². The molecule has 0 aromatic rings. The molecule has 0 saturated heterocycles. The Hall–Kier alpha value is -0.900. The first-order valence-electron chi connectivity index (χ1n) is 4.39. The van der Waals surface area contributed by atoms with Crippen molar-refractivity contribution in [3.8, 4) is 0 Å². The van der Waals surface area contributed by atoms with Crippen LogP contribution in [0.1, 0.15) is 13.8 Å². The predicted octanol–water partition coefficient (Wildman–Crippen LogP) is -0.0145. The van der Waals surface area contributed by atoms with E-state index in [1.807, 2.05) is 11.8 Å². The lowest BCUT2D eigenvalue weighted by molar-refractivity contribution is -0.130. The number of amides is 1. The Bertz CT molecular complexity index is 190. The van der Waals surface area contributed by atoms with Crippen molar-refractivity contribution in [3.63, 3.8) is 0 Å². The molecule has 4 nitrogen and oxygen atoms in total. The van der Waals surface area contributed by atoms with Crippen LogP contribution in [0.2, 0.25) is 0 Å². The average Bonchev–Trinajstić information content (AvgIpc) is 2.02. The van der Waals surface area contributed by atoms with E-state index in [1.165, 1.54) is 11.8 Å². The lowest BCUT2D eigenvalue weighted by Crippen LogP contribution is -2.38. The van der Waals surface area contributed by atoms with E-state index in [2.05, 4.69) is 0 Å². The van der Waals surface area contributed by atoms with Gasteiger partial charge >= 0.3 is 0 Å². The Labute approximate surface area is 79.5 Å². The maximum atomic E-state index is 11.3. The normalized spacial score (nSPS) is 10.2. The van der Waals surface area contributed by atoms with Crippen LogP contribution < -0.4 is 0 Å². The molecule has 0 saturated carbocycles. The molecule has 0 spiro atoms. The fourth-order valence-corrected chi connectivity index (χ4v) is 0.927. The molecule has 76 valence electrons. The van der Waals surface area contributed by atoms with Crippen LogP contribution in [0.5, 0.6) is 0 Å². The maximum absolute atomic E-state index is 11.3. The molecule has 0 bridgehead atoms. The molecule has 0 heterocycles. The zero-order valence-corrected chi connectivity index (χ0v) is 8.83. The highest BCUT2D eigenvalue weighted by Crippen LogP contribution is 1.90. The van der Waals surface area contributed by atoms with E-state index in [0.29, 0.717) is 13.1 Å². The lowest BCUT2D eigenvalue weighted by atomic mass is 10.3. The van der Waals surface area contributed by atoms with Crippen LogP contribution >= 0.6 is 0 Å². The molecule has 0 N–H and O–H groups in total. The third-order valence-corrected chi connectivity index (χ3v) is 1.75. The third-order valence-electron chi connectivity index (χ3n) is 1.75. The van der Waals surface area contributed by atoms with Gasteiger partial charge in [0.25, 0.3) is 0 Å². The van der Waals surface area contributed by atoms with Gasteiger partial charge in [-0.05, 0) is 13.5 Å². The van der Waals surface area contributed by atoms with E-state index in [1.54, 1.807) is 14.1 Å². The molecular weight excluding hydrogens is 168 g/mol. The van der Waals surface area contributed by atoms with E-state index >= 15 is 0 Å². The monoisotopic (exact) mass is 186 g/mol. The van der Waals surface area contributed by atoms with Gasteiger partial charge in [-0.1, -0.05) is 6.92 Å². The zero-order valence-electron chi connectivity index (χ0n) is 8.83. The van der Waals surface area contributed by atoms with Gasteiger partial charge in [0.05, 0.1) is 13.1 Å². The summed E-state index contributed by atoms with van der Waals surface area (Å²) >= 11 is 0. The van der Waals surface area contributed by atoms with E-state index < -0.39 is 0 Å². The minimum absolute atomic E-state index is 0.0306. The molecule has 0 aromatic carbocycles. The second kappa shape index (κ2) is 5.70. The fraction of sp³-hybridized carbons (Fsp3) is 0.778. The molecule has 0 fully saturated rings. The topological polar surface area (TPSA) is 40.6 Å². The summed E-state index contributed by atoms with van der Waals surface area (Å²) in [6.45, 7) is 4.87. The summed E-state index contributed by atoms with van der Waals surface area (Å²) in [6, 6.07) is 0. The molecule has 0 aliphatic carbocycles. The maximum Gasteiger partial charge on any atom is 0.236 e. The van der Waals surface area contributed by atoms with E-state index in [4.69, 9.17) is 0 Å². The number of Topliss-reactive ketones (excluding diaryl/α,β-unsaturated/α-hetero) is 1. The second-order valence-electron chi connectivity index (χ2n) is 3.29. The summed E-state index contributed by atoms with van der Waals surface area (Å²) in [4.78, 5) is 25.4. The molecule has 13 heavy (non-hydrogen) atoms. The number of likely N-dealkylation sites (N-methyl/N-ethyl adjacent to an activating group) is 2. The number of carbonyl (C=O) groups excluding carboxylic acids is 2. The van der Waals surface area contributed by atoms with Crippen molar-refractivity contribution in [3.05, 3.63) is 0 Å². The van der Waals surface area contributed by atoms with Gasteiger partial charge in [-0.15, -0.1) is 0 Å². The Kier molecular flexibility index (Phi) is 5.30. The van der Waals surface area contributed by atoms with Crippen molar-refractivity contribution in [2.45, 2.75) is 13.8 Å². The van der Waals surface area contributed by atoms with Gasteiger partial charge in [-0.2, -0.15) is 0 Å². The first kappa shape index (κ1) is 12.1. The van der Waals surface area contributed by atoms with E-state index in [-0.39, 0.29) is 11.7 Å². The quantitative estimate of drug-likeness (QED) is 0.606. The summed E-state index contributed by atoms with van der Waals surface area (Å²) in [7, 11) is 3.42. The largest absolute Gasteiger partial charge is 0.348 e. The van der Waals surface area contributed by atoms with E-state index in [0.717, 1.165) is 6.54 Å². The Morgan fingerprint density at radius 3 is 2.00 bits per heavy atom. The van der Waals surface area contributed by atoms with Crippen molar-refractivity contribution in [2.75, 3.05) is 33.7 Å². The molecule has 0 atom stereocenters. The third kappa shape index (κ3) is 5.36. The summed E-state index contributed by atoms with van der Waals surface area (Å²) in [6.07, 6.45) is 0. The standard InChI is InChI=1S/C9H18N2O2/c1-5-11(6-8(2)12)7-9(13)10(3)4/h5-7H2,1-4H3.